The van der Waals surface area contributed by atoms with E-state index in [0.29, 0.717) is 35.4 Å². The zero-order valence-electron chi connectivity index (χ0n) is 19.2. The third kappa shape index (κ3) is 5.47. The lowest BCUT2D eigenvalue weighted by Gasteiger charge is -2.19. The second-order valence-electron chi connectivity index (χ2n) is 8.33. The van der Waals surface area contributed by atoms with Gasteiger partial charge in [-0.2, -0.15) is 0 Å². The number of carbonyl (C=O) groups excluding carboxylic acids is 1. The van der Waals surface area contributed by atoms with Crippen LogP contribution in [-0.4, -0.2) is 30.5 Å². The molecule has 0 unspecified atom stereocenters. The predicted molar refractivity (Wildman–Crippen MR) is 124 cm³/mol. The van der Waals surface area contributed by atoms with Gasteiger partial charge in [-0.25, -0.2) is 0 Å². The number of rotatable bonds is 6. The van der Waals surface area contributed by atoms with Crippen LogP contribution in [0.2, 0.25) is 0 Å². The number of benzene rings is 2. The largest absolute Gasteiger partial charge is 0.522 e. The number of alkyl halides is 3. The van der Waals surface area contributed by atoms with Crippen LogP contribution >= 0.6 is 0 Å². The summed E-state index contributed by atoms with van der Waals surface area (Å²) in [5.41, 5.74) is 3.05. The van der Waals surface area contributed by atoms with E-state index in [0.717, 1.165) is 16.3 Å². The maximum absolute atomic E-state index is 13.4. The topological polar surface area (TPSA) is 49.8 Å². The molecule has 0 radical (unpaired) electrons. The number of carbonyl (C=O) groups is 1. The van der Waals surface area contributed by atoms with Crippen molar-refractivity contribution < 1.29 is 27.8 Å². The predicted octanol–water partition coefficient (Wildman–Crippen LogP) is 6.76. The fourth-order valence-corrected chi connectivity index (χ4v) is 4.18. The molecule has 2 aromatic carbocycles. The van der Waals surface area contributed by atoms with Crippen LogP contribution in [0.5, 0.6) is 5.75 Å². The van der Waals surface area contributed by atoms with Gasteiger partial charge in [-0.1, -0.05) is 49.4 Å². The Bertz CT molecular complexity index is 1150. The van der Waals surface area contributed by atoms with Crippen molar-refractivity contribution in [1.82, 2.24) is 0 Å². The Morgan fingerprint density at radius 3 is 2.55 bits per heavy atom. The zero-order chi connectivity index (χ0) is 24.3. The van der Waals surface area contributed by atoms with Crippen molar-refractivity contribution in [2.24, 2.45) is 0 Å². The number of halogens is 3. The molecule has 1 amide bonds. The van der Waals surface area contributed by atoms with E-state index in [1.165, 1.54) is 0 Å². The van der Waals surface area contributed by atoms with Crippen LogP contribution in [0.25, 0.3) is 10.8 Å². The Hall–Kier alpha value is -3.06. The van der Waals surface area contributed by atoms with Gasteiger partial charge in [0.15, 0.2) is 0 Å². The molecule has 0 fully saturated rings. The number of phenols is 1. The van der Waals surface area contributed by atoms with Gasteiger partial charge in [0.1, 0.15) is 5.75 Å². The summed E-state index contributed by atoms with van der Waals surface area (Å²) in [7, 11) is 0. The minimum Gasteiger partial charge on any atom is -0.507 e. The first-order valence-corrected chi connectivity index (χ1v) is 10.8. The van der Waals surface area contributed by atoms with Crippen LogP contribution in [0.4, 0.5) is 18.9 Å². The minimum absolute atomic E-state index is 0.0715. The second kappa shape index (κ2) is 9.83. The lowest BCUT2D eigenvalue weighted by Crippen LogP contribution is -2.30. The molecular weight excluding hydrogens is 431 g/mol. The van der Waals surface area contributed by atoms with E-state index >= 15 is 0 Å². The number of ether oxygens (including phenoxy) is 1. The Balaban J connectivity index is 1.96. The molecule has 7 heteroatoms. The Morgan fingerprint density at radius 2 is 1.91 bits per heavy atom. The highest BCUT2D eigenvalue weighted by Gasteiger charge is 2.33. The molecule has 1 aliphatic heterocycles. The molecule has 1 heterocycles. The maximum atomic E-state index is 13.4. The van der Waals surface area contributed by atoms with Gasteiger partial charge in [0, 0.05) is 29.5 Å². The number of fused-ring (bicyclic) bond motifs is 3. The van der Waals surface area contributed by atoms with Gasteiger partial charge in [0.2, 0.25) is 0 Å². The molecule has 0 saturated heterocycles. The number of hydrogen-bond donors (Lipinski definition) is 1. The molecule has 0 saturated carbocycles. The molecule has 3 rings (SSSR count). The van der Waals surface area contributed by atoms with Crippen molar-refractivity contribution in [3.63, 3.8) is 0 Å². The SMILES string of the molecule is C/C=C\CC(/C=C(\C)C(=O)N1C[C@@H](C)c2c1cc(O)c1ccccc21)=C(/C)COC(F)(F)F. The van der Waals surface area contributed by atoms with Crippen molar-refractivity contribution in [1.29, 1.82) is 0 Å². The summed E-state index contributed by atoms with van der Waals surface area (Å²) < 4.78 is 41.5. The van der Waals surface area contributed by atoms with Crippen LogP contribution in [0, 0.1) is 0 Å². The smallest absolute Gasteiger partial charge is 0.507 e. The maximum Gasteiger partial charge on any atom is 0.522 e. The number of amides is 1. The highest BCUT2D eigenvalue weighted by Crippen LogP contribution is 2.45. The molecule has 2 aromatic rings. The first-order chi connectivity index (χ1) is 15.5. The molecule has 4 nitrogen and oxygen atoms in total. The quantitative estimate of drug-likeness (QED) is 0.295. The molecule has 1 atom stereocenters. The van der Waals surface area contributed by atoms with Gasteiger partial charge in [-0.15, -0.1) is 13.2 Å². The number of phenolic OH excluding ortho intramolecular Hbond substituents is 1. The summed E-state index contributed by atoms with van der Waals surface area (Å²) in [5, 5.41) is 12.2. The number of aromatic hydroxyl groups is 1. The summed E-state index contributed by atoms with van der Waals surface area (Å²) in [4.78, 5) is 15.0. The Labute approximate surface area is 191 Å². The van der Waals surface area contributed by atoms with Gasteiger partial charge < -0.3 is 10.0 Å². The average Bonchev–Trinajstić information content (AvgIpc) is 3.10. The Morgan fingerprint density at radius 1 is 1.24 bits per heavy atom. The summed E-state index contributed by atoms with van der Waals surface area (Å²) >= 11 is 0. The Kier molecular flexibility index (Phi) is 7.32. The van der Waals surface area contributed by atoms with Crippen molar-refractivity contribution >= 4 is 22.4 Å². The van der Waals surface area contributed by atoms with Gasteiger partial charge in [-0.3, -0.25) is 9.53 Å². The normalized spacial score (nSPS) is 17.6. The van der Waals surface area contributed by atoms with E-state index in [1.54, 1.807) is 37.0 Å². The molecule has 0 aliphatic carbocycles. The summed E-state index contributed by atoms with van der Waals surface area (Å²) in [6, 6.07) is 9.15. The first kappa shape index (κ1) is 24.6. The minimum atomic E-state index is -4.72. The van der Waals surface area contributed by atoms with Crippen LogP contribution in [0.15, 0.2) is 65.3 Å². The lowest BCUT2D eigenvalue weighted by atomic mass is 9.95. The van der Waals surface area contributed by atoms with Crippen molar-refractivity contribution in [2.45, 2.75) is 46.4 Å². The summed E-state index contributed by atoms with van der Waals surface area (Å²) in [6.07, 6.45) is 0.905. The first-order valence-electron chi connectivity index (χ1n) is 10.8. The standard InChI is InChI=1S/C26H28F3NO3/c1-5-6-9-19(18(4)15-33-26(27,28)29)12-16(2)25(32)30-14-17(3)24-21-11-8-7-10-20(21)23(31)13-22(24)30/h5-8,10-13,17,31H,9,14-15H2,1-4H3/b6-5-,16-12+,19-18+/t17-/m1/s1. The van der Waals surface area contributed by atoms with Gasteiger partial charge >= 0.3 is 6.36 Å². The molecule has 176 valence electrons. The fraction of sp³-hybridized carbons (Fsp3) is 0.346. The molecular formula is C26H28F3NO3. The summed E-state index contributed by atoms with van der Waals surface area (Å²) in [5.74, 6) is -0.0771. The highest BCUT2D eigenvalue weighted by molar-refractivity contribution is 6.10. The van der Waals surface area contributed by atoms with E-state index in [9.17, 15) is 23.1 Å². The number of allylic oxidation sites excluding steroid dienone is 4. The number of hydrogen-bond acceptors (Lipinski definition) is 3. The fourth-order valence-electron chi connectivity index (χ4n) is 4.18. The van der Waals surface area contributed by atoms with Crippen LogP contribution < -0.4 is 4.90 Å². The van der Waals surface area contributed by atoms with E-state index in [-0.39, 0.29) is 17.6 Å². The van der Waals surface area contributed by atoms with Crippen LogP contribution in [0.3, 0.4) is 0 Å². The third-order valence-electron chi connectivity index (χ3n) is 5.83. The van der Waals surface area contributed by atoms with E-state index in [1.807, 2.05) is 44.2 Å². The zero-order valence-corrected chi connectivity index (χ0v) is 19.2. The van der Waals surface area contributed by atoms with Crippen molar-refractivity contribution in [3.8, 4) is 5.75 Å². The molecule has 1 aliphatic rings. The van der Waals surface area contributed by atoms with Gasteiger partial charge in [0.25, 0.3) is 5.91 Å². The molecule has 0 bridgehead atoms. The lowest BCUT2D eigenvalue weighted by molar-refractivity contribution is -0.320. The highest BCUT2D eigenvalue weighted by atomic mass is 19.4. The third-order valence-corrected chi connectivity index (χ3v) is 5.83. The van der Waals surface area contributed by atoms with Crippen LogP contribution in [0.1, 0.15) is 45.6 Å². The molecule has 0 spiro atoms. The second-order valence-corrected chi connectivity index (χ2v) is 8.33. The molecule has 33 heavy (non-hydrogen) atoms. The number of nitrogens with zero attached hydrogens (tertiary/aromatic N) is 1. The summed E-state index contributed by atoms with van der Waals surface area (Å²) in [6.45, 7) is 6.93. The van der Waals surface area contributed by atoms with E-state index in [4.69, 9.17) is 0 Å². The molecule has 0 aromatic heterocycles. The van der Waals surface area contributed by atoms with Gasteiger partial charge in [-0.05, 0) is 49.3 Å². The average molecular weight is 460 g/mol. The van der Waals surface area contributed by atoms with E-state index < -0.39 is 13.0 Å². The monoisotopic (exact) mass is 459 g/mol. The van der Waals surface area contributed by atoms with E-state index in [2.05, 4.69) is 4.74 Å². The van der Waals surface area contributed by atoms with Crippen molar-refractivity contribution in [2.75, 3.05) is 18.1 Å². The van der Waals surface area contributed by atoms with Crippen molar-refractivity contribution in [3.05, 3.63) is 70.8 Å². The number of anilines is 1. The van der Waals surface area contributed by atoms with Crippen LogP contribution in [-0.2, 0) is 9.53 Å². The molecule has 1 N–H and O–H groups in total. The van der Waals surface area contributed by atoms with Gasteiger partial charge in [0.05, 0.1) is 12.3 Å².